The molecule has 0 saturated carbocycles. The first-order chi connectivity index (χ1) is 7.88. The lowest BCUT2D eigenvalue weighted by Gasteiger charge is -2.17. The first kappa shape index (κ1) is 14.0. The van der Waals surface area contributed by atoms with Crippen molar-refractivity contribution in [2.24, 2.45) is 5.92 Å². The molecule has 0 heterocycles. The Labute approximate surface area is 110 Å². The van der Waals surface area contributed by atoms with Crippen LogP contribution in [0.5, 0.6) is 5.75 Å². The average Bonchev–Trinajstić information content (AvgIpc) is 2.25. The van der Waals surface area contributed by atoms with Gasteiger partial charge in [0.2, 0.25) is 0 Å². The summed E-state index contributed by atoms with van der Waals surface area (Å²) in [7, 11) is 1.61. The minimum atomic E-state index is -0.793. The van der Waals surface area contributed by atoms with Crippen LogP contribution >= 0.6 is 15.9 Å². The summed E-state index contributed by atoms with van der Waals surface area (Å²) < 4.78 is 6.31. The molecule has 0 fully saturated rings. The molecule has 0 aliphatic carbocycles. The molecular formula is C13H17BrO3. The van der Waals surface area contributed by atoms with Crippen molar-refractivity contribution in [1.82, 2.24) is 0 Å². The van der Waals surface area contributed by atoms with Crippen LogP contribution in [-0.2, 0) is 11.2 Å². The Bertz CT molecular complexity index is 441. The molecule has 0 aromatic heterocycles. The van der Waals surface area contributed by atoms with Crippen molar-refractivity contribution in [2.45, 2.75) is 27.2 Å². The van der Waals surface area contributed by atoms with Gasteiger partial charge < -0.3 is 9.84 Å². The number of carboxylic acid groups (broad SMARTS) is 1. The van der Waals surface area contributed by atoms with Gasteiger partial charge in [-0.05, 0) is 31.4 Å². The maximum atomic E-state index is 10.9. The van der Waals surface area contributed by atoms with E-state index in [0.717, 1.165) is 26.9 Å². The summed E-state index contributed by atoms with van der Waals surface area (Å²) in [4.78, 5) is 10.9. The fourth-order valence-electron chi connectivity index (χ4n) is 1.89. The SMILES string of the molecule is COc1c(C)cc(C)c(Br)c1CC(C)C(=O)O. The lowest BCUT2D eigenvalue weighted by atomic mass is 9.96. The number of ether oxygens (including phenoxy) is 1. The number of benzene rings is 1. The van der Waals surface area contributed by atoms with Gasteiger partial charge >= 0.3 is 5.97 Å². The highest BCUT2D eigenvalue weighted by Gasteiger charge is 2.19. The van der Waals surface area contributed by atoms with Gasteiger partial charge in [-0.3, -0.25) is 4.79 Å². The van der Waals surface area contributed by atoms with Gasteiger partial charge in [0.15, 0.2) is 0 Å². The molecule has 1 atom stereocenters. The number of aryl methyl sites for hydroxylation is 2. The highest BCUT2D eigenvalue weighted by molar-refractivity contribution is 9.10. The van der Waals surface area contributed by atoms with Crippen LogP contribution < -0.4 is 4.74 Å². The quantitative estimate of drug-likeness (QED) is 0.928. The van der Waals surface area contributed by atoms with E-state index in [9.17, 15) is 4.79 Å². The van der Waals surface area contributed by atoms with Crippen molar-refractivity contribution in [3.8, 4) is 5.75 Å². The molecule has 1 rings (SSSR count). The molecule has 0 aliphatic heterocycles. The third-order valence-corrected chi connectivity index (χ3v) is 3.92. The fourth-order valence-corrected chi connectivity index (χ4v) is 2.35. The van der Waals surface area contributed by atoms with E-state index in [2.05, 4.69) is 15.9 Å². The summed E-state index contributed by atoms with van der Waals surface area (Å²) in [6.45, 7) is 5.66. The lowest BCUT2D eigenvalue weighted by Crippen LogP contribution is -2.13. The van der Waals surface area contributed by atoms with Crippen LogP contribution in [0.2, 0.25) is 0 Å². The average molecular weight is 301 g/mol. The van der Waals surface area contributed by atoms with E-state index < -0.39 is 11.9 Å². The van der Waals surface area contributed by atoms with E-state index >= 15 is 0 Å². The van der Waals surface area contributed by atoms with Crippen molar-refractivity contribution in [3.05, 3.63) is 27.2 Å². The van der Waals surface area contributed by atoms with E-state index in [0.29, 0.717) is 6.42 Å². The Morgan fingerprint density at radius 1 is 1.47 bits per heavy atom. The van der Waals surface area contributed by atoms with Gasteiger partial charge in [-0.25, -0.2) is 0 Å². The smallest absolute Gasteiger partial charge is 0.306 e. The molecule has 1 aromatic carbocycles. The van der Waals surface area contributed by atoms with E-state index in [1.807, 2.05) is 19.9 Å². The number of aliphatic carboxylic acids is 1. The van der Waals surface area contributed by atoms with Crippen molar-refractivity contribution in [2.75, 3.05) is 7.11 Å². The molecule has 0 bridgehead atoms. The van der Waals surface area contributed by atoms with Crippen LogP contribution in [0.3, 0.4) is 0 Å². The van der Waals surface area contributed by atoms with Crippen LogP contribution in [0.25, 0.3) is 0 Å². The van der Waals surface area contributed by atoms with E-state index in [-0.39, 0.29) is 0 Å². The molecule has 94 valence electrons. The molecule has 0 spiro atoms. The molecule has 1 unspecified atom stereocenters. The predicted molar refractivity (Wildman–Crippen MR) is 70.7 cm³/mol. The zero-order valence-electron chi connectivity index (χ0n) is 10.5. The number of carboxylic acids is 1. The molecule has 0 saturated heterocycles. The Morgan fingerprint density at radius 3 is 2.53 bits per heavy atom. The van der Waals surface area contributed by atoms with Gasteiger partial charge in [-0.1, -0.05) is 28.9 Å². The number of rotatable bonds is 4. The second-order valence-corrected chi connectivity index (χ2v) is 5.07. The molecule has 17 heavy (non-hydrogen) atoms. The van der Waals surface area contributed by atoms with Gasteiger partial charge in [0, 0.05) is 10.0 Å². The Kier molecular flexibility index (Phi) is 4.57. The van der Waals surface area contributed by atoms with Crippen LogP contribution in [0.15, 0.2) is 10.5 Å². The van der Waals surface area contributed by atoms with E-state index in [4.69, 9.17) is 9.84 Å². The van der Waals surface area contributed by atoms with Crippen LogP contribution in [0.1, 0.15) is 23.6 Å². The second kappa shape index (κ2) is 5.54. The van der Waals surface area contributed by atoms with Gasteiger partial charge in [0.25, 0.3) is 0 Å². The third kappa shape index (κ3) is 3.00. The largest absolute Gasteiger partial charge is 0.496 e. The Morgan fingerprint density at radius 2 is 2.06 bits per heavy atom. The lowest BCUT2D eigenvalue weighted by molar-refractivity contribution is -0.141. The van der Waals surface area contributed by atoms with Gasteiger partial charge in [0.1, 0.15) is 5.75 Å². The molecule has 4 heteroatoms. The zero-order chi connectivity index (χ0) is 13.2. The molecule has 0 aliphatic rings. The standard InChI is InChI=1S/C13H17BrO3/c1-7-5-8(2)12(17-4)10(11(7)14)6-9(3)13(15)16/h5,9H,6H2,1-4H3,(H,15,16). The second-order valence-electron chi connectivity index (χ2n) is 4.28. The minimum absolute atomic E-state index is 0.429. The molecule has 1 aromatic rings. The van der Waals surface area contributed by atoms with Crippen LogP contribution in [0, 0.1) is 19.8 Å². The van der Waals surface area contributed by atoms with E-state index in [1.54, 1.807) is 14.0 Å². The fraction of sp³-hybridized carbons (Fsp3) is 0.462. The number of carbonyl (C=O) groups is 1. The minimum Gasteiger partial charge on any atom is -0.496 e. The van der Waals surface area contributed by atoms with E-state index in [1.165, 1.54) is 0 Å². The highest BCUT2D eigenvalue weighted by Crippen LogP contribution is 2.35. The maximum Gasteiger partial charge on any atom is 0.306 e. The summed E-state index contributed by atoms with van der Waals surface area (Å²) >= 11 is 3.51. The summed E-state index contributed by atoms with van der Waals surface area (Å²) in [6, 6.07) is 2.03. The summed E-state index contributed by atoms with van der Waals surface area (Å²) in [5.74, 6) is -0.449. The zero-order valence-corrected chi connectivity index (χ0v) is 12.1. The number of halogens is 1. The monoisotopic (exact) mass is 300 g/mol. The maximum absolute atomic E-state index is 10.9. The van der Waals surface area contributed by atoms with Crippen molar-refractivity contribution < 1.29 is 14.6 Å². The highest BCUT2D eigenvalue weighted by atomic mass is 79.9. The first-order valence-electron chi connectivity index (χ1n) is 5.43. The van der Waals surface area contributed by atoms with Gasteiger partial charge in [-0.15, -0.1) is 0 Å². The number of hydrogen-bond acceptors (Lipinski definition) is 2. The van der Waals surface area contributed by atoms with Gasteiger partial charge in [-0.2, -0.15) is 0 Å². The van der Waals surface area contributed by atoms with Crippen LogP contribution in [-0.4, -0.2) is 18.2 Å². The Balaban J connectivity index is 3.25. The number of methoxy groups -OCH3 is 1. The molecule has 3 nitrogen and oxygen atoms in total. The molecule has 0 amide bonds. The summed E-state index contributed by atoms with van der Waals surface area (Å²) in [5, 5.41) is 8.98. The molecule has 0 radical (unpaired) electrons. The topological polar surface area (TPSA) is 46.5 Å². The normalized spacial score (nSPS) is 12.3. The van der Waals surface area contributed by atoms with Crippen molar-refractivity contribution >= 4 is 21.9 Å². The summed E-state index contributed by atoms with van der Waals surface area (Å²) in [6.07, 6.45) is 0.460. The Hall–Kier alpha value is -1.03. The third-order valence-electron chi connectivity index (χ3n) is 2.81. The number of hydrogen-bond donors (Lipinski definition) is 1. The van der Waals surface area contributed by atoms with Crippen molar-refractivity contribution in [3.63, 3.8) is 0 Å². The van der Waals surface area contributed by atoms with Crippen molar-refractivity contribution in [1.29, 1.82) is 0 Å². The summed E-state index contributed by atoms with van der Waals surface area (Å²) in [5.41, 5.74) is 3.05. The molecular weight excluding hydrogens is 284 g/mol. The molecule has 1 N–H and O–H groups in total. The van der Waals surface area contributed by atoms with Crippen LogP contribution in [0.4, 0.5) is 0 Å². The predicted octanol–water partition coefficient (Wildman–Crippen LogP) is 3.34. The first-order valence-corrected chi connectivity index (χ1v) is 6.23. The van der Waals surface area contributed by atoms with Gasteiger partial charge in [0.05, 0.1) is 13.0 Å².